The average Bonchev–Trinajstić information content (AvgIpc) is 3.13. The monoisotopic (exact) mass is 393 g/mol. The van der Waals surface area contributed by atoms with Gasteiger partial charge >= 0.3 is 0 Å². The molecule has 1 heterocycles. The molecule has 3 rings (SSSR count). The molecular weight excluding hydrogens is 366 g/mol. The van der Waals surface area contributed by atoms with Gasteiger partial charge in [0.05, 0.1) is 10.9 Å². The summed E-state index contributed by atoms with van der Waals surface area (Å²) in [6, 6.07) is 16.5. The van der Waals surface area contributed by atoms with Gasteiger partial charge in [-0.15, -0.1) is 11.3 Å². The number of carbonyl (C=O) groups is 1. The van der Waals surface area contributed by atoms with Gasteiger partial charge in [0.1, 0.15) is 12.4 Å². The van der Waals surface area contributed by atoms with Crippen molar-refractivity contribution in [3.63, 3.8) is 0 Å². The maximum Gasteiger partial charge on any atom is 0.261 e. The minimum atomic E-state index is -0.0323. The predicted octanol–water partition coefficient (Wildman–Crippen LogP) is 6.13. The van der Waals surface area contributed by atoms with E-state index in [1.54, 1.807) is 0 Å². The second-order valence-corrected chi connectivity index (χ2v) is 8.19. The topological polar surface area (TPSA) is 38.3 Å². The lowest BCUT2D eigenvalue weighted by molar-refractivity contribution is 0.0939. The van der Waals surface area contributed by atoms with Crippen molar-refractivity contribution >= 4 is 17.2 Å². The van der Waals surface area contributed by atoms with E-state index in [9.17, 15) is 4.79 Å². The Kier molecular flexibility index (Phi) is 6.53. The predicted molar refractivity (Wildman–Crippen MR) is 116 cm³/mol. The smallest absolute Gasteiger partial charge is 0.261 e. The molecule has 1 atom stereocenters. The van der Waals surface area contributed by atoms with Gasteiger partial charge in [-0.05, 0) is 67.5 Å². The zero-order chi connectivity index (χ0) is 20.1. The number of benzene rings is 2. The molecule has 1 N–H and O–H groups in total. The summed E-state index contributed by atoms with van der Waals surface area (Å²) in [4.78, 5) is 13.4. The largest absolute Gasteiger partial charge is 0.489 e. The maximum absolute atomic E-state index is 12.7. The van der Waals surface area contributed by atoms with Gasteiger partial charge in [-0.1, -0.05) is 42.8 Å². The molecule has 1 amide bonds. The molecule has 1 unspecified atom stereocenters. The first kappa shape index (κ1) is 20.2. The van der Waals surface area contributed by atoms with Crippen LogP contribution in [0.5, 0.6) is 5.75 Å². The zero-order valence-corrected chi connectivity index (χ0v) is 17.7. The molecule has 0 saturated carbocycles. The van der Waals surface area contributed by atoms with E-state index in [2.05, 4.69) is 63.3 Å². The van der Waals surface area contributed by atoms with Crippen LogP contribution in [0.1, 0.15) is 56.9 Å². The summed E-state index contributed by atoms with van der Waals surface area (Å²) in [7, 11) is 0. The fourth-order valence-corrected chi connectivity index (χ4v) is 4.00. The van der Waals surface area contributed by atoms with Crippen LogP contribution < -0.4 is 10.1 Å². The van der Waals surface area contributed by atoms with Gasteiger partial charge in [-0.2, -0.15) is 0 Å². The number of amides is 1. The molecule has 0 fully saturated rings. The van der Waals surface area contributed by atoms with Crippen molar-refractivity contribution < 1.29 is 9.53 Å². The summed E-state index contributed by atoms with van der Waals surface area (Å²) >= 11 is 1.46. The summed E-state index contributed by atoms with van der Waals surface area (Å²) in [6.45, 7) is 8.73. The molecular formula is C24H27NO2S. The van der Waals surface area contributed by atoms with Gasteiger partial charge in [-0.25, -0.2) is 0 Å². The Labute approximate surface area is 171 Å². The van der Waals surface area contributed by atoms with E-state index in [4.69, 9.17) is 4.74 Å². The van der Waals surface area contributed by atoms with E-state index in [1.165, 1.54) is 28.0 Å². The Morgan fingerprint density at radius 2 is 1.68 bits per heavy atom. The number of hydrogen-bond donors (Lipinski definition) is 1. The van der Waals surface area contributed by atoms with E-state index >= 15 is 0 Å². The maximum atomic E-state index is 12.7. The van der Waals surface area contributed by atoms with Gasteiger partial charge in [-0.3, -0.25) is 4.79 Å². The summed E-state index contributed by atoms with van der Waals surface area (Å²) in [6.07, 6.45) is 0.850. The number of aryl methyl sites for hydroxylation is 3. The first-order valence-corrected chi connectivity index (χ1v) is 10.5. The second kappa shape index (κ2) is 9.07. The first-order valence-electron chi connectivity index (χ1n) is 9.60. The molecule has 0 radical (unpaired) electrons. The van der Waals surface area contributed by atoms with E-state index in [1.807, 2.05) is 23.6 Å². The number of thiophene rings is 1. The Hall–Kier alpha value is -2.59. The number of rotatable bonds is 7. The van der Waals surface area contributed by atoms with Crippen molar-refractivity contribution in [3.8, 4) is 5.75 Å². The van der Waals surface area contributed by atoms with E-state index in [0.29, 0.717) is 11.5 Å². The lowest BCUT2D eigenvalue weighted by atomic mass is 10.0. The van der Waals surface area contributed by atoms with Crippen LogP contribution in [-0.4, -0.2) is 5.91 Å². The molecule has 0 saturated heterocycles. The minimum Gasteiger partial charge on any atom is -0.489 e. The molecule has 3 nitrogen and oxygen atoms in total. The molecule has 1 aromatic heterocycles. The van der Waals surface area contributed by atoms with Crippen LogP contribution in [0.25, 0.3) is 0 Å². The fourth-order valence-electron chi connectivity index (χ4n) is 3.20. The van der Waals surface area contributed by atoms with Crippen LogP contribution >= 0.6 is 11.3 Å². The number of nitrogens with one attached hydrogen (secondary N) is 1. The molecule has 4 heteroatoms. The van der Waals surface area contributed by atoms with Gasteiger partial charge in [0.25, 0.3) is 5.91 Å². The Bertz CT molecular complexity index is 923. The van der Waals surface area contributed by atoms with Crippen LogP contribution in [0.4, 0.5) is 0 Å². The van der Waals surface area contributed by atoms with E-state index in [0.717, 1.165) is 23.3 Å². The quantitative estimate of drug-likeness (QED) is 0.524. The first-order chi connectivity index (χ1) is 13.4. The van der Waals surface area contributed by atoms with Crippen molar-refractivity contribution in [2.24, 2.45) is 0 Å². The normalized spacial score (nSPS) is 11.9. The summed E-state index contributed by atoms with van der Waals surface area (Å²) in [5.74, 6) is 0.829. The minimum absolute atomic E-state index is 0.0187. The third-order valence-electron chi connectivity index (χ3n) is 4.67. The summed E-state index contributed by atoms with van der Waals surface area (Å²) in [5.41, 5.74) is 5.73. The van der Waals surface area contributed by atoms with Crippen LogP contribution in [-0.2, 0) is 6.61 Å². The summed E-state index contributed by atoms with van der Waals surface area (Å²) in [5, 5.41) is 5.14. The van der Waals surface area contributed by atoms with E-state index in [-0.39, 0.29) is 11.9 Å². The Balaban J connectivity index is 1.62. The fraction of sp³-hybridized carbons (Fsp3) is 0.292. The van der Waals surface area contributed by atoms with Crippen LogP contribution in [0.2, 0.25) is 0 Å². The van der Waals surface area contributed by atoms with Gasteiger partial charge in [0.15, 0.2) is 0 Å². The highest BCUT2D eigenvalue weighted by molar-refractivity contribution is 7.12. The molecule has 0 spiro atoms. The highest BCUT2D eigenvalue weighted by Gasteiger charge is 2.16. The zero-order valence-electron chi connectivity index (χ0n) is 16.9. The highest BCUT2D eigenvalue weighted by atomic mass is 32.1. The van der Waals surface area contributed by atoms with Gasteiger partial charge < -0.3 is 10.1 Å². The molecule has 0 aliphatic heterocycles. The van der Waals surface area contributed by atoms with Crippen LogP contribution in [0.15, 0.2) is 53.9 Å². The lowest BCUT2D eigenvalue weighted by Crippen LogP contribution is -2.27. The summed E-state index contributed by atoms with van der Waals surface area (Å²) < 4.78 is 5.90. The number of ether oxygens (including phenoxy) is 1. The lowest BCUT2D eigenvalue weighted by Gasteiger charge is -2.17. The SMILES string of the molecule is CCC(NC(=O)c1cc(COc2cc(C)cc(C)c2)cs1)c1ccc(C)cc1. The number of hydrogen-bond acceptors (Lipinski definition) is 3. The van der Waals surface area contributed by atoms with Crippen molar-refractivity contribution in [1.82, 2.24) is 5.32 Å². The van der Waals surface area contributed by atoms with E-state index < -0.39 is 0 Å². The molecule has 2 aromatic carbocycles. The molecule has 28 heavy (non-hydrogen) atoms. The molecule has 0 aliphatic carbocycles. The highest BCUT2D eigenvalue weighted by Crippen LogP contribution is 2.22. The van der Waals surface area contributed by atoms with Gasteiger partial charge in [0, 0.05) is 5.56 Å². The Morgan fingerprint density at radius 1 is 1.00 bits per heavy atom. The van der Waals surface area contributed by atoms with Crippen LogP contribution in [0, 0.1) is 20.8 Å². The number of carbonyl (C=O) groups excluding carboxylic acids is 1. The second-order valence-electron chi connectivity index (χ2n) is 7.28. The molecule has 0 aliphatic rings. The molecule has 3 aromatic rings. The van der Waals surface area contributed by atoms with Crippen molar-refractivity contribution in [2.45, 2.75) is 46.8 Å². The molecule has 146 valence electrons. The van der Waals surface area contributed by atoms with Crippen molar-refractivity contribution in [3.05, 3.63) is 86.6 Å². The van der Waals surface area contributed by atoms with Crippen molar-refractivity contribution in [1.29, 1.82) is 0 Å². The Morgan fingerprint density at radius 3 is 2.32 bits per heavy atom. The van der Waals surface area contributed by atoms with Crippen LogP contribution in [0.3, 0.4) is 0 Å². The molecule has 0 bridgehead atoms. The standard InChI is InChI=1S/C24H27NO2S/c1-5-22(20-8-6-16(2)7-9-20)25-24(26)23-13-19(15-28-23)14-27-21-11-17(3)10-18(4)12-21/h6-13,15,22H,5,14H2,1-4H3,(H,25,26). The third-order valence-corrected chi connectivity index (χ3v) is 5.65. The van der Waals surface area contributed by atoms with Crippen molar-refractivity contribution in [2.75, 3.05) is 0 Å². The third kappa shape index (κ3) is 5.23. The van der Waals surface area contributed by atoms with Gasteiger partial charge in [0.2, 0.25) is 0 Å². The average molecular weight is 394 g/mol.